The van der Waals surface area contributed by atoms with Gasteiger partial charge in [0, 0.05) is 6.54 Å². The first-order valence-corrected chi connectivity index (χ1v) is 3.55. The monoisotopic (exact) mass is 198 g/mol. The molecule has 0 bridgehead atoms. The molecule has 0 aromatic carbocycles. The first-order valence-electron chi connectivity index (χ1n) is 3.55. The maximum absolute atomic E-state index is 10.2. The minimum absolute atomic E-state index is 0. The molecule has 0 aliphatic heterocycles. The summed E-state index contributed by atoms with van der Waals surface area (Å²) >= 11 is 0. The maximum Gasteiger partial charge on any atom is 1.00 e. The van der Waals surface area contributed by atoms with E-state index in [0.29, 0.717) is 19.4 Å². The normalized spacial score (nSPS) is 11.2. The molecule has 6 nitrogen and oxygen atoms in total. The molecule has 0 aromatic rings. The Kier molecular flexibility index (Phi) is 9.70. The van der Waals surface area contributed by atoms with Crippen molar-refractivity contribution in [2.45, 2.75) is 18.9 Å². The number of carboxylic acid groups (broad SMARTS) is 1. The number of amides is 2. The van der Waals surface area contributed by atoms with Crippen LogP contribution in [0.2, 0.25) is 0 Å². The van der Waals surface area contributed by atoms with Crippen LogP contribution >= 0.6 is 0 Å². The minimum Gasteiger partial charge on any atom is -0.480 e. The smallest absolute Gasteiger partial charge is 0.480 e. The topological polar surface area (TPSA) is 118 Å². The van der Waals surface area contributed by atoms with Crippen molar-refractivity contribution in [3.63, 3.8) is 0 Å². The molecule has 0 rings (SSSR count). The van der Waals surface area contributed by atoms with E-state index in [2.05, 4.69) is 5.32 Å². The van der Waals surface area contributed by atoms with Crippen molar-refractivity contribution in [3.8, 4) is 0 Å². The fourth-order valence-corrected chi connectivity index (χ4v) is 0.657. The number of aliphatic carboxylic acids is 1. The van der Waals surface area contributed by atoms with E-state index in [1.54, 1.807) is 0 Å². The number of urea groups is 1. The number of primary amides is 1. The van der Waals surface area contributed by atoms with Gasteiger partial charge in [-0.25, -0.2) is 4.79 Å². The molecule has 0 spiro atoms. The summed E-state index contributed by atoms with van der Waals surface area (Å²) < 4.78 is 0. The molecular formula is C6H13N3NaO3+. The fraction of sp³-hybridized carbons (Fsp3) is 0.667. The Morgan fingerprint density at radius 2 is 2.00 bits per heavy atom. The molecule has 0 fully saturated rings. The van der Waals surface area contributed by atoms with Gasteiger partial charge in [-0.3, -0.25) is 4.79 Å². The second-order valence-electron chi connectivity index (χ2n) is 2.38. The Morgan fingerprint density at radius 1 is 1.46 bits per heavy atom. The van der Waals surface area contributed by atoms with Gasteiger partial charge in [-0.15, -0.1) is 0 Å². The average Bonchev–Trinajstić information content (AvgIpc) is 1.97. The zero-order chi connectivity index (χ0) is 9.56. The van der Waals surface area contributed by atoms with Crippen LogP contribution in [0.4, 0.5) is 4.79 Å². The van der Waals surface area contributed by atoms with Gasteiger partial charge < -0.3 is 21.9 Å². The summed E-state index contributed by atoms with van der Waals surface area (Å²) in [6.45, 7) is 0.357. The zero-order valence-corrected chi connectivity index (χ0v) is 9.62. The molecule has 13 heavy (non-hydrogen) atoms. The van der Waals surface area contributed by atoms with Gasteiger partial charge in [0.05, 0.1) is 0 Å². The van der Waals surface area contributed by atoms with Crippen LogP contribution < -0.4 is 46.3 Å². The quantitative estimate of drug-likeness (QED) is 0.265. The summed E-state index contributed by atoms with van der Waals surface area (Å²) in [7, 11) is 0. The largest absolute Gasteiger partial charge is 1.00 e. The molecule has 0 saturated heterocycles. The van der Waals surface area contributed by atoms with E-state index < -0.39 is 18.0 Å². The summed E-state index contributed by atoms with van der Waals surface area (Å²) in [6, 6.07) is -1.47. The van der Waals surface area contributed by atoms with Crippen LogP contribution in [0.5, 0.6) is 0 Å². The molecule has 6 N–H and O–H groups in total. The molecule has 1 atom stereocenters. The van der Waals surface area contributed by atoms with E-state index in [1.807, 2.05) is 0 Å². The Hall–Kier alpha value is -0.300. The van der Waals surface area contributed by atoms with Gasteiger partial charge in [0.2, 0.25) is 0 Å². The minimum atomic E-state index is -1.03. The third kappa shape index (κ3) is 9.62. The van der Waals surface area contributed by atoms with Gasteiger partial charge >= 0.3 is 41.6 Å². The van der Waals surface area contributed by atoms with Gasteiger partial charge in [0.25, 0.3) is 0 Å². The summed E-state index contributed by atoms with van der Waals surface area (Å²) in [5.41, 5.74) is 9.96. The van der Waals surface area contributed by atoms with Crippen LogP contribution in [-0.2, 0) is 4.79 Å². The molecule has 1 unspecified atom stereocenters. The van der Waals surface area contributed by atoms with Crippen LogP contribution in [0.25, 0.3) is 0 Å². The summed E-state index contributed by atoms with van der Waals surface area (Å²) in [4.78, 5) is 20.3. The molecule has 0 saturated carbocycles. The van der Waals surface area contributed by atoms with Gasteiger partial charge in [0.15, 0.2) is 0 Å². The Morgan fingerprint density at radius 3 is 2.38 bits per heavy atom. The second kappa shape index (κ2) is 8.31. The molecule has 70 valence electrons. The van der Waals surface area contributed by atoms with E-state index in [9.17, 15) is 9.59 Å². The molecular weight excluding hydrogens is 185 g/mol. The van der Waals surface area contributed by atoms with Crippen LogP contribution in [0.3, 0.4) is 0 Å². The maximum atomic E-state index is 10.2. The first-order chi connectivity index (χ1) is 5.54. The fourth-order valence-electron chi connectivity index (χ4n) is 0.657. The van der Waals surface area contributed by atoms with E-state index in [0.717, 1.165) is 0 Å². The number of nitrogens with two attached hydrogens (primary N) is 2. The van der Waals surface area contributed by atoms with Gasteiger partial charge in [-0.1, -0.05) is 0 Å². The summed E-state index contributed by atoms with van der Waals surface area (Å²) in [6.07, 6.45) is 0.839. The second-order valence-corrected chi connectivity index (χ2v) is 2.38. The van der Waals surface area contributed by atoms with Gasteiger partial charge in [-0.2, -0.15) is 0 Å². The molecule has 0 radical (unpaired) electrons. The number of nitrogens with one attached hydrogen (secondary N) is 1. The summed E-state index contributed by atoms with van der Waals surface area (Å²) in [5.74, 6) is -1.03. The van der Waals surface area contributed by atoms with E-state index in [-0.39, 0.29) is 29.6 Å². The molecule has 0 heterocycles. The van der Waals surface area contributed by atoms with Gasteiger partial charge in [0.1, 0.15) is 6.04 Å². The third-order valence-corrected chi connectivity index (χ3v) is 1.31. The predicted molar refractivity (Wildman–Crippen MR) is 42.4 cm³/mol. The van der Waals surface area contributed by atoms with E-state index in [1.165, 1.54) is 0 Å². The van der Waals surface area contributed by atoms with Crippen LogP contribution in [-0.4, -0.2) is 29.7 Å². The molecule has 2 amide bonds. The van der Waals surface area contributed by atoms with Crippen LogP contribution in [0.15, 0.2) is 0 Å². The first kappa shape index (κ1) is 15.2. The number of carbonyl (C=O) groups excluding carboxylic acids is 1. The van der Waals surface area contributed by atoms with Crippen molar-refractivity contribution < 1.29 is 44.3 Å². The Bertz CT molecular complexity index is 177. The molecule has 0 aromatic heterocycles. The number of carboxylic acids is 1. The van der Waals surface area contributed by atoms with Crippen LogP contribution in [0.1, 0.15) is 12.8 Å². The number of rotatable bonds is 5. The van der Waals surface area contributed by atoms with Crippen molar-refractivity contribution in [3.05, 3.63) is 0 Å². The number of hydrogen-bond donors (Lipinski definition) is 4. The zero-order valence-electron chi connectivity index (χ0n) is 7.62. The SMILES string of the molecule is NC(=O)NCCCC(N)C(=O)O.[Na+]. The van der Waals surface area contributed by atoms with Crippen molar-refractivity contribution in [1.29, 1.82) is 0 Å². The Labute approximate surface area is 98.3 Å². The van der Waals surface area contributed by atoms with Crippen molar-refractivity contribution >= 4 is 12.0 Å². The van der Waals surface area contributed by atoms with E-state index >= 15 is 0 Å². The van der Waals surface area contributed by atoms with Crippen molar-refractivity contribution in [1.82, 2.24) is 5.32 Å². The van der Waals surface area contributed by atoms with Crippen molar-refractivity contribution in [2.75, 3.05) is 6.54 Å². The average molecular weight is 198 g/mol. The molecule has 0 aliphatic carbocycles. The van der Waals surface area contributed by atoms with Gasteiger partial charge in [-0.05, 0) is 12.8 Å². The van der Waals surface area contributed by atoms with E-state index in [4.69, 9.17) is 16.6 Å². The molecule has 7 heteroatoms. The number of carbonyl (C=O) groups is 2. The summed E-state index contributed by atoms with van der Waals surface area (Å²) in [5, 5.41) is 10.7. The molecule has 0 aliphatic rings. The number of hydrogen-bond acceptors (Lipinski definition) is 3. The van der Waals surface area contributed by atoms with Crippen molar-refractivity contribution in [2.24, 2.45) is 11.5 Å². The predicted octanol–water partition coefficient (Wildman–Crippen LogP) is -4.15. The Balaban J connectivity index is 0. The van der Waals surface area contributed by atoms with Crippen LogP contribution in [0, 0.1) is 0 Å². The third-order valence-electron chi connectivity index (χ3n) is 1.31. The standard InChI is InChI=1S/C6H13N3O3.Na/c7-4(5(10)11)2-1-3-9-6(8)12;/h4H,1-3,7H2,(H,10,11)(H3,8,9,12);/q;+1.